The minimum atomic E-state index is -0.938. The second-order valence-corrected chi connectivity index (χ2v) is 8.27. The standard InChI is InChI=1S/C21H34N2O6/c1-3-5-11-22-18(25)17-21-10-9-14(29-21)15(20(27)28-4-2)16(21)19(26)23(17)12-7-6-8-13-24/h14-17,24H,3-13H2,1-2H3,(H,22,25)/t14-,15+,16+,17-,21+/m1/s1. The number of unbranched alkanes of at least 4 members (excludes halogenated alkanes) is 3. The molecule has 0 unspecified atom stereocenters. The molecule has 2 amide bonds. The summed E-state index contributed by atoms with van der Waals surface area (Å²) in [4.78, 5) is 40.8. The predicted octanol–water partition coefficient (Wildman–Crippen LogP) is 1.00. The molecule has 3 aliphatic heterocycles. The van der Waals surface area contributed by atoms with E-state index in [1.807, 2.05) is 0 Å². The number of esters is 1. The minimum absolute atomic E-state index is 0.108. The number of rotatable bonds is 11. The lowest BCUT2D eigenvalue weighted by molar-refractivity contribution is -0.154. The van der Waals surface area contributed by atoms with Gasteiger partial charge in [0, 0.05) is 19.7 Å². The van der Waals surface area contributed by atoms with Crippen LogP contribution in [0.2, 0.25) is 0 Å². The van der Waals surface area contributed by atoms with E-state index in [0.717, 1.165) is 19.3 Å². The van der Waals surface area contributed by atoms with Crippen LogP contribution in [-0.2, 0) is 23.9 Å². The zero-order valence-corrected chi connectivity index (χ0v) is 17.5. The topological polar surface area (TPSA) is 105 Å². The molecular formula is C21H34N2O6. The molecule has 3 rings (SSSR count). The maximum Gasteiger partial charge on any atom is 0.312 e. The Hall–Kier alpha value is -1.67. The summed E-state index contributed by atoms with van der Waals surface area (Å²) in [6, 6.07) is -0.713. The van der Waals surface area contributed by atoms with Crippen LogP contribution in [0.5, 0.6) is 0 Å². The first-order chi connectivity index (χ1) is 14.0. The maximum atomic E-state index is 13.4. The van der Waals surface area contributed by atoms with Crippen molar-refractivity contribution in [3.63, 3.8) is 0 Å². The first kappa shape index (κ1) is 22.0. The zero-order valence-electron chi connectivity index (χ0n) is 17.5. The smallest absolute Gasteiger partial charge is 0.312 e. The van der Waals surface area contributed by atoms with E-state index in [9.17, 15) is 14.4 Å². The number of hydrogen-bond donors (Lipinski definition) is 2. The highest BCUT2D eigenvalue weighted by molar-refractivity contribution is 5.98. The van der Waals surface area contributed by atoms with Crippen LogP contribution in [0.25, 0.3) is 0 Å². The number of nitrogens with one attached hydrogen (secondary N) is 1. The number of carbonyl (C=O) groups excluding carboxylic acids is 3. The molecule has 3 saturated heterocycles. The number of amides is 2. The van der Waals surface area contributed by atoms with Crippen molar-refractivity contribution < 1.29 is 29.0 Å². The number of nitrogens with zero attached hydrogens (tertiary/aromatic N) is 1. The van der Waals surface area contributed by atoms with Gasteiger partial charge in [-0.15, -0.1) is 0 Å². The highest BCUT2D eigenvalue weighted by Gasteiger charge is 2.74. The Labute approximate surface area is 172 Å². The van der Waals surface area contributed by atoms with Crippen LogP contribution in [0.15, 0.2) is 0 Å². The highest BCUT2D eigenvalue weighted by atomic mass is 16.6. The highest BCUT2D eigenvalue weighted by Crippen LogP contribution is 2.58. The molecule has 3 heterocycles. The van der Waals surface area contributed by atoms with Gasteiger partial charge < -0.3 is 24.8 Å². The van der Waals surface area contributed by atoms with Crippen molar-refractivity contribution >= 4 is 17.8 Å². The SMILES string of the molecule is CCCCNC(=O)[C@H]1N(CCCCCO)C(=O)[C@@H]2[C@@H](C(=O)OCC)[C@H]3CC[C@]21O3. The molecule has 0 aromatic carbocycles. The third kappa shape index (κ3) is 3.89. The third-order valence-electron chi connectivity index (χ3n) is 6.49. The average molecular weight is 411 g/mol. The molecule has 3 fully saturated rings. The van der Waals surface area contributed by atoms with Gasteiger partial charge in [0.15, 0.2) is 0 Å². The summed E-state index contributed by atoms with van der Waals surface area (Å²) in [5.74, 6) is -2.05. The predicted molar refractivity (Wildman–Crippen MR) is 105 cm³/mol. The van der Waals surface area contributed by atoms with Gasteiger partial charge in [0.1, 0.15) is 11.6 Å². The van der Waals surface area contributed by atoms with Crippen molar-refractivity contribution in [3.8, 4) is 0 Å². The van der Waals surface area contributed by atoms with Crippen molar-refractivity contribution in [2.75, 3.05) is 26.3 Å². The van der Waals surface area contributed by atoms with Gasteiger partial charge in [-0.25, -0.2) is 0 Å². The van der Waals surface area contributed by atoms with Crippen molar-refractivity contribution in [1.29, 1.82) is 0 Å². The van der Waals surface area contributed by atoms with Crippen LogP contribution >= 0.6 is 0 Å². The summed E-state index contributed by atoms with van der Waals surface area (Å²) in [6.45, 7) is 5.14. The van der Waals surface area contributed by atoms with E-state index in [1.54, 1.807) is 11.8 Å². The van der Waals surface area contributed by atoms with Gasteiger partial charge >= 0.3 is 5.97 Å². The van der Waals surface area contributed by atoms with Crippen molar-refractivity contribution in [2.24, 2.45) is 11.8 Å². The number of aliphatic hydroxyl groups is 1. The minimum Gasteiger partial charge on any atom is -0.466 e. The molecule has 1 spiro atoms. The first-order valence-corrected chi connectivity index (χ1v) is 11.0. The van der Waals surface area contributed by atoms with E-state index in [2.05, 4.69) is 12.2 Å². The number of hydrogen-bond acceptors (Lipinski definition) is 6. The molecule has 3 aliphatic rings. The number of carbonyl (C=O) groups is 3. The Bertz CT molecular complexity index is 626. The molecule has 8 heteroatoms. The van der Waals surface area contributed by atoms with Crippen LogP contribution in [-0.4, -0.2) is 71.8 Å². The average Bonchev–Trinajstić information content (AvgIpc) is 3.33. The number of likely N-dealkylation sites (tertiary alicyclic amines) is 1. The van der Waals surface area contributed by atoms with E-state index >= 15 is 0 Å². The Balaban J connectivity index is 1.85. The lowest BCUT2D eigenvalue weighted by Gasteiger charge is -2.33. The summed E-state index contributed by atoms with van der Waals surface area (Å²) in [7, 11) is 0. The van der Waals surface area contributed by atoms with E-state index in [1.165, 1.54) is 0 Å². The van der Waals surface area contributed by atoms with Crippen LogP contribution in [0.4, 0.5) is 0 Å². The van der Waals surface area contributed by atoms with Crippen LogP contribution in [0.1, 0.15) is 58.8 Å². The second kappa shape index (κ2) is 9.43. The van der Waals surface area contributed by atoms with Gasteiger partial charge in [0.05, 0.1) is 24.5 Å². The second-order valence-electron chi connectivity index (χ2n) is 8.27. The molecule has 2 bridgehead atoms. The summed E-state index contributed by atoms with van der Waals surface area (Å²) < 4.78 is 11.5. The molecule has 0 saturated carbocycles. The summed E-state index contributed by atoms with van der Waals surface area (Å²) in [6.07, 6.45) is 4.86. The lowest BCUT2D eigenvalue weighted by atomic mass is 9.71. The fourth-order valence-electron chi connectivity index (χ4n) is 5.26. The largest absolute Gasteiger partial charge is 0.466 e. The van der Waals surface area contributed by atoms with Gasteiger partial charge in [-0.05, 0) is 45.4 Å². The van der Waals surface area contributed by atoms with E-state index in [4.69, 9.17) is 14.6 Å². The van der Waals surface area contributed by atoms with Gasteiger partial charge in [-0.2, -0.15) is 0 Å². The Morgan fingerprint density at radius 1 is 1.28 bits per heavy atom. The van der Waals surface area contributed by atoms with Gasteiger partial charge in [0.25, 0.3) is 0 Å². The van der Waals surface area contributed by atoms with Crippen molar-refractivity contribution in [3.05, 3.63) is 0 Å². The quantitative estimate of drug-likeness (QED) is 0.389. The molecule has 8 nitrogen and oxygen atoms in total. The zero-order chi connectivity index (χ0) is 21.0. The number of ether oxygens (including phenoxy) is 2. The van der Waals surface area contributed by atoms with E-state index < -0.39 is 29.4 Å². The summed E-state index contributed by atoms with van der Waals surface area (Å²) in [5.41, 5.74) is -0.938. The van der Waals surface area contributed by atoms with Crippen molar-refractivity contribution in [2.45, 2.75) is 76.5 Å². The first-order valence-electron chi connectivity index (χ1n) is 11.0. The molecule has 0 radical (unpaired) electrons. The lowest BCUT2D eigenvalue weighted by Crippen LogP contribution is -2.55. The fraction of sp³-hybridized carbons (Fsp3) is 0.857. The van der Waals surface area contributed by atoms with Crippen LogP contribution in [0.3, 0.4) is 0 Å². The van der Waals surface area contributed by atoms with Crippen LogP contribution in [0, 0.1) is 11.8 Å². The molecule has 29 heavy (non-hydrogen) atoms. The molecule has 0 aliphatic carbocycles. The Morgan fingerprint density at radius 2 is 2.07 bits per heavy atom. The van der Waals surface area contributed by atoms with Gasteiger partial charge in [-0.1, -0.05) is 13.3 Å². The Morgan fingerprint density at radius 3 is 2.76 bits per heavy atom. The molecular weight excluding hydrogens is 376 g/mol. The van der Waals surface area contributed by atoms with Gasteiger partial charge in [-0.3, -0.25) is 14.4 Å². The molecule has 164 valence electrons. The maximum absolute atomic E-state index is 13.4. The van der Waals surface area contributed by atoms with Crippen LogP contribution < -0.4 is 5.32 Å². The molecule has 5 atom stereocenters. The molecule has 0 aromatic rings. The fourth-order valence-corrected chi connectivity index (χ4v) is 5.26. The summed E-state index contributed by atoms with van der Waals surface area (Å²) >= 11 is 0. The Kier molecular flexibility index (Phi) is 7.16. The number of fused-ring (bicyclic) bond motifs is 1. The third-order valence-corrected chi connectivity index (χ3v) is 6.49. The monoisotopic (exact) mass is 410 g/mol. The van der Waals surface area contributed by atoms with E-state index in [0.29, 0.717) is 38.8 Å². The van der Waals surface area contributed by atoms with Gasteiger partial charge in [0.2, 0.25) is 11.8 Å². The van der Waals surface area contributed by atoms with E-state index in [-0.39, 0.29) is 31.1 Å². The van der Waals surface area contributed by atoms with Crippen molar-refractivity contribution in [1.82, 2.24) is 10.2 Å². The molecule has 0 aromatic heterocycles. The molecule has 2 N–H and O–H groups in total. The summed E-state index contributed by atoms with van der Waals surface area (Å²) in [5, 5.41) is 12.0. The number of aliphatic hydroxyl groups excluding tert-OH is 1. The normalized spacial score (nSPS) is 32.5.